The minimum absolute atomic E-state index is 0. The number of carbonyl (C=O) groups is 9. The summed E-state index contributed by atoms with van der Waals surface area (Å²) in [5.74, 6) is -21.5. The molecule has 0 aliphatic carbocycles. The zero-order valence-electron chi connectivity index (χ0n) is 16.6. The van der Waals surface area contributed by atoms with Crippen LogP contribution in [0.5, 0.6) is 0 Å². The van der Waals surface area contributed by atoms with Crippen molar-refractivity contribution in [1.82, 2.24) is 0 Å². The second kappa shape index (κ2) is 19.8. The zero-order chi connectivity index (χ0) is 29.7. The molecule has 208 valence electrons. The summed E-state index contributed by atoms with van der Waals surface area (Å²) < 4.78 is 136. The molecular weight excluding hydrogens is 704 g/mol. The zero-order valence-corrected chi connectivity index (χ0v) is 19.0. The Hall–Kier alpha value is -2.23. The van der Waals surface area contributed by atoms with Crippen molar-refractivity contribution in [2.45, 2.75) is 38.6 Å². The van der Waals surface area contributed by atoms with Crippen LogP contribution in [0, 0.1) is 49.4 Å². The van der Waals surface area contributed by atoms with E-state index in [9.17, 15) is 95.8 Å². The number of hydrogen-bond acceptors (Lipinski definition) is 9. The number of carbonyl (C=O) groups excluding carboxylic acids is 9. The third-order valence-corrected chi connectivity index (χ3v) is 2.53. The molecule has 0 spiro atoms. The van der Waals surface area contributed by atoms with Gasteiger partial charge in [0.1, 0.15) is 0 Å². The molecule has 0 unspecified atom stereocenters. The van der Waals surface area contributed by atoms with E-state index in [2.05, 4.69) is 0 Å². The minimum Gasteiger partial charge on any atom is -0.284 e. The van der Waals surface area contributed by atoms with Gasteiger partial charge in [-0.25, -0.2) is 52.7 Å². The Morgan fingerprint density at radius 3 is 0.405 bits per heavy atom. The smallest absolute Gasteiger partial charge is 0.284 e. The van der Waals surface area contributed by atoms with E-state index >= 15 is 0 Å². The number of Topliss-reactive ketones (excluding diaryl/α,β-unsaturated/α-hetero) is 9. The van der Waals surface area contributed by atoms with E-state index in [0.717, 1.165) is 0 Å². The van der Waals surface area contributed by atoms with Crippen molar-refractivity contribution in [3.63, 3.8) is 0 Å². The van der Waals surface area contributed by atoms with Crippen molar-refractivity contribution in [2.75, 3.05) is 0 Å². The monoisotopic (exact) mass is 711 g/mol. The molecular formula is C15H6EuF12O9+3. The fourth-order valence-corrected chi connectivity index (χ4v) is 0.959. The van der Waals surface area contributed by atoms with Gasteiger partial charge in [-0.05, 0) is 0 Å². The van der Waals surface area contributed by atoms with Crippen molar-refractivity contribution in [1.29, 1.82) is 0 Å². The summed E-state index contributed by atoms with van der Waals surface area (Å²) in [7, 11) is 0. The van der Waals surface area contributed by atoms with Gasteiger partial charge in [0.25, 0.3) is 52.0 Å². The first-order chi connectivity index (χ1) is 16.1. The molecule has 0 atom stereocenters. The van der Waals surface area contributed by atoms with Crippen LogP contribution in [0.25, 0.3) is 0 Å². The third kappa shape index (κ3) is 16.3. The first-order valence-corrected chi connectivity index (χ1v) is 7.69. The maximum absolute atomic E-state index is 11.3. The van der Waals surface area contributed by atoms with Gasteiger partial charge in [0.2, 0.25) is 0 Å². The van der Waals surface area contributed by atoms with E-state index < -0.39 is 90.6 Å². The van der Waals surface area contributed by atoms with Crippen molar-refractivity contribution < 1.29 is 145 Å². The molecule has 0 aromatic heterocycles. The first kappa shape index (κ1) is 41.9. The van der Waals surface area contributed by atoms with Crippen molar-refractivity contribution in [3.8, 4) is 0 Å². The fourth-order valence-electron chi connectivity index (χ4n) is 0.959. The quantitative estimate of drug-likeness (QED) is 0.162. The number of alkyl halides is 12. The van der Waals surface area contributed by atoms with Gasteiger partial charge >= 0.3 is 87.9 Å². The summed E-state index contributed by atoms with van der Waals surface area (Å²) in [6.45, 7) is 0. The molecule has 0 amide bonds. The summed E-state index contributed by atoms with van der Waals surface area (Å²) in [5.41, 5.74) is 0. The van der Waals surface area contributed by atoms with Gasteiger partial charge in [-0.2, -0.15) is 0 Å². The Balaban J connectivity index is -0.000000218. The number of halogens is 12. The molecule has 0 rings (SSSR count). The molecule has 0 N–H and O–H groups in total. The van der Waals surface area contributed by atoms with Crippen LogP contribution in [-0.2, 0) is 43.2 Å². The van der Waals surface area contributed by atoms with Crippen LogP contribution in [0.15, 0.2) is 0 Å². The van der Waals surface area contributed by atoms with Crippen molar-refractivity contribution >= 4 is 52.0 Å². The van der Waals surface area contributed by atoms with Crippen molar-refractivity contribution in [2.24, 2.45) is 0 Å². The molecule has 0 heterocycles. The van der Waals surface area contributed by atoms with E-state index in [4.69, 9.17) is 0 Å². The second-order valence-corrected chi connectivity index (χ2v) is 4.98. The van der Waals surface area contributed by atoms with E-state index in [0.29, 0.717) is 0 Å². The molecule has 0 aromatic rings. The second-order valence-electron chi connectivity index (χ2n) is 4.98. The topological polar surface area (TPSA) is 154 Å². The standard InChI is InChI=1S/3C5H2F4O3.Eu/c3*6-4(7)2(11)1(10)3(12)5(8)9;/h3*4-5H;/q;;;+3. The molecule has 22 heteroatoms. The predicted octanol–water partition coefficient (Wildman–Crippen LogP) is 0.672. The summed E-state index contributed by atoms with van der Waals surface area (Å²) in [6.07, 6.45) is -22.3. The Labute approximate surface area is 234 Å². The largest absolute Gasteiger partial charge is 3.00 e. The van der Waals surface area contributed by atoms with Crippen LogP contribution < -0.4 is 0 Å². The average molecular weight is 710 g/mol. The summed E-state index contributed by atoms with van der Waals surface area (Å²) in [5, 5.41) is 0. The number of hydrogen-bond donors (Lipinski definition) is 0. The van der Waals surface area contributed by atoms with Crippen LogP contribution in [0.1, 0.15) is 0 Å². The molecule has 37 heavy (non-hydrogen) atoms. The summed E-state index contributed by atoms with van der Waals surface area (Å²) in [4.78, 5) is 89.8. The molecule has 0 aromatic carbocycles. The number of rotatable bonds is 12. The molecule has 9 nitrogen and oxygen atoms in total. The molecule has 0 aliphatic rings. The Morgan fingerprint density at radius 1 is 0.270 bits per heavy atom. The fraction of sp³-hybridized carbons (Fsp3) is 0.400. The van der Waals surface area contributed by atoms with Crippen LogP contribution in [-0.4, -0.2) is 90.6 Å². The Bertz CT molecular complexity index is 723. The molecule has 0 saturated heterocycles. The maximum atomic E-state index is 11.3. The first-order valence-electron chi connectivity index (χ1n) is 7.69. The van der Waals surface area contributed by atoms with Gasteiger partial charge < -0.3 is 0 Å². The van der Waals surface area contributed by atoms with E-state index in [-0.39, 0.29) is 49.4 Å². The van der Waals surface area contributed by atoms with Crippen LogP contribution in [0.4, 0.5) is 52.7 Å². The number of ketones is 9. The molecule has 0 fully saturated rings. The van der Waals surface area contributed by atoms with Crippen molar-refractivity contribution in [3.05, 3.63) is 0 Å². The van der Waals surface area contributed by atoms with Crippen LogP contribution >= 0.6 is 0 Å². The third-order valence-electron chi connectivity index (χ3n) is 2.53. The Morgan fingerprint density at radius 2 is 0.351 bits per heavy atom. The van der Waals surface area contributed by atoms with Crippen LogP contribution in [0.3, 0.4) is 0 Å². The molecule has 0 saturated carbocycles. The van der Waals surface area contributed by atoms with Gasteiger partial charge in [0, 0.05) is 0 Å². The summed E-state index contributed by atoms with van der Waals surface area (Å²) in [6, 6.07) is 0. The SMILES string of the molecule is O=C(C(=O)C(F)F)C(=O)C(F)F.O=C(C(=O)C(F)F)C(=O)C(F)F.O=C(C(=O)C(F)F)C(=O)C(F)F.[Eu+3]. The van der Waals surface area contributed by atoms with Gasteiger partial charge in [-0.1, -0.05) is 0 Å². The van der Waals surface area contributed by atoms with Gasteiger partial charge in [-0.3, -0.25) is 43.2 Å². The Kier molecular flexibility index (Phi) is 22.4. The predicted molar refractivity (Wildman–Crippen MR) is 81.1 cm³/mol. The van der Waals surface area contributed by atoms with Gasteiger partial charge in [-0.15, -0.1) is 0 Å². The molecule has 0 aliphatic heterocycles. The van der Waals surface area contributed by atoms with Gasteiger partial charge in [0.15, 0.2) is 0 Å². The average Bonchev–Trinajstić information content (AvgIpc) is 2.79. The normalized spacial score (nSPS) is 10.2. The molecule has 0 radical (unpaired) electrons. The molecule has 0 bridgehead atoms. The minimum atomic E-state index is -3.72. The summed E-state index contributed by atoms with van der Waals surface area (Å²) >= 11 is 0. The van der Waals surface area contributed by atoms with E-state index in [1.807, 2.05) is 0 Å². The van der Waals surface area contributed by atoms with Gasteiger partial charge in [0.05, 0.1) is 0 Å². The van der Waals surface area contributed by atoms with E-state index in [1.54, 1.807) is 0 Å². The van der Waals surface area contributed by atoms with Crippen LogP contribution in [0.2, 0.25) is 0 Å². The van der Waals surface area contributed by atoms with E-state index in [1.165, 1.54) is 0 Å². The maximum Gasteiger partial charge on any atom is 3.00 e.